The number of anilines is 1. The lowest BCUT2D eigenvalue weighted by molar-refractivity contribution is 0.0697. The average Bonchev–Trinajstić information content (AvgIpc) is 2.45. The van der Waals surface area contributed by atoms with Crippen LogP contribution in [0.4, 0.5) is 5.82 Å². The zero-order valence-corrected chi connectivity index (χ0v) is 12.1. The Morgan fingerprint density at radius 2 is 2.19 bits per heavy atom. The molecule has 0 amide bonds. The van der Waals surface area contributed by atoms with Gasteiger partial charge < -0.3 is 10.0 Å². The lowest BCUT2D eigenvalue weighted by Gasteiger charge is -2.32. The Kier molecular flexibility index (Phi) is 3.73. The summed E-state index contributed by atoms with van der Waals surface area (Å²) in [5, 5.41) is 9.99. The first-order chi connectivity index (χ1) is 10.2. The van der Waals surface area contributed by atoms with Gasteiger partial charge in [-0.05, 0) is 43.9 Å². The molecule has 0 atom stereocenters. The number of carbonyl (C=O) groups is 1. The fourth-order valence-corrected chi connectivity index (χ4v) is 2.78. The number of rotatable bonds is 5. The van der Waals surface area contributed by atoms with E-state index >= 15 is 0 Å². The summed E-state index contributed by atoms with van der Waals surface area (Å²) in [4.78, 5) is 22.0. The molecule has 5 heteroatoms. The van der Waals surface area contributed by atoms with Crippen LogP contribution in [0, 0.1) is 5.92 Å². The molecule has 3 rings (SSSR count). The molecule has 0 unspecified atom stereocenters. The molecule has 1 aromatic carbocycles. The summed E-state index contributed by atoms with van der Waals surface area (Å²) in [6, 6.07) is 5.05. The fourth-order valence-electron chi connectivity index (χ4n) is 2.78. The molecule has 0 radical (unpaired) electrons. The van der Waals surface area contributed by atoms with Gasteiger partial charge >= 0.3 is 5.97 Å². The summed E-state index contributed by atoms with van der Waals surface area (Å²) in [6.07, 6.45) is 5.44. The summed E-state index contributed by atoms with van der Waals surface area (Å²) in [7, 11) is 0. The van der Waals surface area contributed by atoms with Gasteiger partial charge in [0.05, 0.1) is 11.1 Å². The van der Waals surface area contributed by atoms with Crippen LogP contribution in [0.3, 0.4) is 0 Å². The smallest absolute Gasteiger partial charge is 0.335 e. The first-order valence-electron chi connectivity index (χ1n) is 7.42. The molecule has 2 aromatic rings. The molecule has 1 aliphatic carbocycles. The van der Waals surface area contributed by atoms with Crippen molar-refractivity contribution in [3.63, 3.8) is 0 Å². The molecule has 0 spiro atoms. The molecular weight excluding hydrogens is 266 g/mol. The Hall–Kier alpha value is -2.17. The number of nitrogens with zero attached hydrogens (tertiary/aromatic N) is 3. The van der Waals surface area contributed by atoms with Gasteiger partial charge in [-0.1, -0.05) is 6.42 Å². The summed E-state index contributed by atoms with van der Waals surface area (Å²) in [6.45, 7) is 4.03. The number of benzene rings is 1. The standard InChI is InChI=1S/C16H19N3O2/c1-2-19(9-11-4-3-5-11)15-13-7-6-12(16(20)21)8-14(13)17-10-18-15/h6-8,10-11H,2-5,9H2,1H3,(H,20,21). The van der Waals surface area contributed by atoms with Crippen LogP contribution in [0.1, 0.15) is 36.5 Å². The molecule has 1 saturated carbocycles. The van der Waals surface area contributed by atoms with Crippen molar-refractivity contribution in [1.82, 2.24) is 9.97 Å². The van der Waals surface area contributed by atoms with Gasteiger partial charge in [0.15, 0.2) is 0 Å². The summed E-state index contributed by atoms with van der Waals surface area (Å²) >= 11 is 0. The Morgan fingerprint density at radius 1 is 1.38 bits per heavy atom. The topological polar surface area (TPSA) is 66.3 Å². The second-order valence-electron chi connectivity index (χ2n) is 5.57. The maximum absolute atomic E-state index is 11.1. The highest BCUT2D eigenvalue weighted by atomic mass is 16.4. The van der Waals surface area contributed by atoms with Crippen LogP contribution < -0.4 is 4.90 Å². The van der Waals surface area contributed by atoms with Gasteiger partial charge in [-0.25, -0.2) is 14.8 Å². The Balaban J connectivity index is 1.98. The number of hydrogen-bond donors (Lipinski definition) is 1. The highest BCUT2D eigenvalue weighted by molar-refractivity contribution is 5.96. The zero-order chi connectivity index (χ0) is 14.8. The maximum atomic E-state index is 11.1. The molecule has 1 aromatic heterocycles. The van der Waals surface area contributed by atoms with Gasteiger partial charge in [-0.3, -0.25) is 0 Å². The number of hydrogen-bond acceptors (Lipinski definition) is 4. The second-order valence-corrected chi connectivity index (χ2v) is 5.57. The van der Waals surface area contributed by atoms with Crippen molar-refractivity contribution in [3.05, 3.63) is 30.1 Å². The Bertz CT molecular complexity index is 668. The number of fused-ring (bicyclic) bond motifs is 1. The number of aromatic nitrogens is 2. The molecule has 0 saturated heterocycles. The minimum Gasteiger partial charge on any atom is -0.478 e. The van der Waals surface area contributed by atoms with Gasteiger partial charge in [0.1, 0.15) is 12.1 Å². The van der Waals surface area contributed by atoms with Crippen LogP contribution in [-0.2, 0) is 0 Å². The summed E-state index contributed by atoms with van der Waals surface area (Å²) < 4.78 is 0. The van der Waals surface area contributed by atoms with Crippen LogP contribution in [0.2, 0.25) is 0 Å². The molecule has 1 fully saturated rings. The molecule has 5 nitrogen and oxygen atoms in total. The third kappa shape index (κ3) is 2.68. The van der Waals surface area contributed by atoms with E-state index in [2.05, 4.69) is 21.8 Å². The molecule has 21 heavy (non-hydrogen) atoms. The fraction of sp³-hybridized carbons (Fsp3) is 0.438. The normalized spacial score (nSPS) is 14.9. The van der Waals surface area contributed by atoms with Crippen molar-refractivity contribution in [2.24, 2.45) is 5.92 Å². The maximum Gasteiger partial charge on any atom is 0.335 e. The van der Waals surface area contributed by atoms with E-state index in [-0.39, 0.29) is 5.56 Å². The third-order valence-corrected chi connectivity index (χ3v) is 4.25. The lowest BCUT2D eigenvalue weighted by Crippen LogP contribution is -2.33. The van der Waals surface area contributed by atoms with Gasteiger partial charge in [-0.2, -0.15) is 0 Å². The lowest BCUT2D eigenvalue weighted by atomic mass is 9.85. The van der Waals surface area contributed by atoms with Crippen LogP contribution in [-0.4, -0.2) is 34.1 Å². The minimum atomic E-state index is -0.932. The quantitative estimate of drug-likeness (QED) is 0.915. The molecule has 0 aliphatic heterocycles. The van der Waals surface area contributed by atoms with Gasteiger partial charge in [0.2, 0.25) is 0 Å². The molecule has 1 N–H and O–H groups in total. The van der Waals surface area contributed by atoms with E-state index in [1.165, 1.54) is 25.6 Å². The first kappa shape index (κ1) is 13.8. The molecular formula is C16H19N3O2. The van der Waals surface area contributed by atoms with E-state index in [1.807, 2.05) is 6.07 Å². The van der Waals surface area contributed by atoms with Crippen molar-refractivity contribution in [2.75, 3.05) is 18.0 Å². The highest BCUT2D eigenvalue weighted by Gasteiger charge is 2.22. The van der Waals surface area contributed by atoms with Crippen LogP contribution in [0.25, 0.3) is 10.9 Å². The average molecular weight is 285 g/mol. The van der Waals surface area contributed by atoms with E-state index < -0.39 is 5.97 Å². The zero-order valence-electron chi connectivity index (χ0n) is 12.1. The molecule has 1 aliphatic rings. The molecule has 0 bridgehead atoms. The Morgan fingerprint density at radius 3 is 2.81 bits per heavy atom. The van der Waals surface area contributed by atoms with Crippen molar-refractivity contribution in [2.45, 2.75) is 26.2 Å². The van der Waals surface area contributed by atoms with Crippen LogP contribution in [0.15, 0.2) is 24.5 Å². The minimum absolute atomic E-state index is 0.259. The highest BCUT2D eigenvalue weighted by Crippen LogP contribution is 2.30. The van der Waals surface area contributed by atoms with Crippen LogP contribution in [0.5, 0.6) is 0 Å². The van der Waals surface area contributed by atoms with E-state index in [4.69, 9.17) is 5.11 Å². The third-order valence-electron chi connectivity index (χ3n) is 4.25. The second kappa shape index (κ2) is 5.68. The predicted molar refractivity (Wildman–Crippen MR) is 81.7 cm³/mol. The number of carboxylic acids is 1. The van der Waals surface area contributed by atoms with Gasteiger partial charge in [0.25, 0.3) is 0 Å². The van der Waals surface area contributed by atoms with Crippen molar-refractivity contribution in [3.8, 4) is 0 Å². The van der Waals surface area contributed by atoms with E-state index in [1.54, 1.807) is 12.1 Å². The predicted octanol–water partition coefficient (Wildman–Crippen LogP) is 2.95. The summed E-state index contributed by atoms with van der Waals surface area (Å²) in [5.74, 6) is 0.735. The monoisotopic (exact) mass is 285 g/mol. The van der Waals surface area contributed by atoms with Crippen LogP contribution >= 0.6 is 0 Å². The Labute approximate surface area is 123 Å². The molecule has 110 valence electrons. The number of carboxylic acid groups (broad SMARTS) is 1. The van der Waals surface area contributed by atoms with E-state index in [9.17, 15) is 4.79 Å². The van der Waals surface area contributed by atoms with Gasteiger partial charge in [-0.15, -0.1) is 0 Å². The summed E-state index contributed by atoms with van der Waals surface area (Å²) in [5.41, 5.74) is 0.946. The van der Waals surface area contributed by atoms with Gasteiger partial charge in [0, 0.05) is 18.5 Å². The first-order valence-corrected chi connectivity index (χ1v) is 7.42. The van der Waals surface area contributed by atoms with Crippen molar-refractivity contribution >= 4 is 22.7 Å². The van der Waals surface area contributed by atoms with Crippen molar-refractivity contribution in [1.29, 1.82) is 0 Å². The van der Waals surface area contributed by atoms with E-state index in [0.29, 0.717) is 5.52 Å². The van der Waals surface area contributed by atoms with E-state index in [0.717, 1.165) is 30.2 Å². The molecule has 1 heterocycles. The SMILES string of the molecule is CCN(CC1CCC1)c1ncnc2cc(C(=O)O)ccc12. The largest absolute Gasteiger partial charge is 0.478 e. The number of aromatic carboxylic acids is 1. The van der Waals surface area contributed by atoms with Crippen molar-refractivity contribution < 1.29 is 9.90 Å².